The Morgan fingerprint density at radius 3 is 2.14 bits per heavy atom. The number of rotatable bonds is 3. The van der Waals surface area contributed by atoms with Gasteiger partial charge in [-0.1, -0.05) is 0 Å². The smallest absolute Gasteiger partial charge is 0.0523 e. The molecule has 0 aliphatic heterocycles. The van der Waals surface area contributed by atoms with Gasteiger partial charge in [-0.3, -0.25) is 5.01 Å². The van der Waals surface area contributed by atoms with Gasteiger partial charge in [-0.05, 0) is 13.8 Å². The van der Waals surface area contributed by atoms with E-state index in [2.05, 4.69) is 5.29 Å². The SMILES string of the molecule is [2H]C([2H])(C)N(N=O)C([2H])([2H])C. The van der Waals surface area contributed by atoms with E-state index in [9.17, 15) is 4.91 Å². The fourth-order valence-corrected chi connectivity index (χ4v) is 0.193. The van der Waals surface area contributed by atoms with E-state index in [4.69, 9.17) is 5.48 Å². The van der Waals surface area contributed by atoms with Crippen LogP contribution in [-0.2, 0) is 0 Å². The summed E-state index contributed by atoms with van der Waals surface area (Å²) in [7, 11) is 0. The summed E-state index contributed by atoms with van der Waals surface area (Å²) >= 11 is 0. The van der Waals surface area contributed by atoms with Crippen molar-refractivity contribution in [2.75, 3.05) is 13.0 Å². The quantitative estimate of drug-likeness (QED) is 0.397. The predicted molar refractivity (Wildman–Crippen MR) is 28.7 cm³/mol. The zero-order chi connectivity index (χ0) is 9.28. The molecule has 0 aromatic rings. The van der Waals surface area contributed by atoms with Crippen molar-refractivity contribution < 1.29 is 5.48 Å². The molecule has 0 bridgehead atoms. The van der Waals surface area contributed by atoms with Crippen LogP contribution in [0.25, 0.3) is 0 Å². The minimum atomic E-state index is -2.07. The van der Waals surface area contributed by atoms with Crippen LogP contribution < -0.4 is 0 Å². The normalized spacial score (nSPS) is 20.9. The topological polar surface area (TPSA) is 32.7 Å². The van der Waals surface area contributed by atoms with Crippen molar-refractivity contribution in [3.05, 3.63) is 4.91 Å². The number of hydrogen-bond acceptors (Lipinski definition) is 2. The maximum Gasteiger partial charge on any atom is 0.0523 e. The number of hydrogen-bond donors (Lipinski definition) is 0. The van der Waals surface area contributed by atoms with E-state index in [-0.39, 0.29) is 5.01 Å². The Labute approximate surface area is 48.9 Å². The van der Waals surface area contributed by atoms with Gasteiger partial charge in [0.2, 0.25) is 0 Å². The Morgan fingerprint density at radius 2 is 2.14 bits per heavy atom. The fourth-order valence-electron chi connectivity index (χ4n) is 0.193. The molecule has 42 valence electrons. The molecule has 0 radical (unpaired) electrons. The Balaban J connectivity index is 4.56. The molecular weight excluding hydrogens is 92.1 g/mol. The lowest BCUT2D eigenvalue weighted by molar-refractivity contribution is 0.317. The van der Waals surface area contributed by atoms with Gasteiger partial charge >= 0.3 is 0 Å². The van der Waals surface area contributed by atoms with E-state index >= 15 is 0 Å². The second-order valence-electron chi connectivity index (χ2n) is 0.841. The third kappa shape index (κ3) is 2.14. The second-order valence-corrected chi connectivity index (χ2v) is 0.841. The van der Waals surface area contributed by atoms with Gasteiger partial charge in [0.15, 0.2) is 0 Å². The number of nitroso groups, excluding NO2 is 1. The molecule has 0 aliphatic rings. The first-order valence-electron chi connectivity index (χ1n) is 3.83. The van der Waals surface area contributed by atoms with Gasteiger partial charge in [0.05, 0.1) is 10.8 Å². The lowest BCUT2D eigenvalue weighted by Gasteiger charge is -2.06. The lowest BCUT2D eigenvalue weighted by atomic mass is 10.6. The number of nitrogens with zero attached hydrogens (tertiary/aromatic N) is 2. The van der Waals surface area contributed by atoms with Crippen LogP contribution in [0.5, 0.6) is 0 Å². The summed E-state index contributed by atoms with van der Waals surface area (Å²) in [6, 6.07) is 0. The summed E-state index contributed by atoms with van der Waals surface area (Å²) in [6.45, 7) is -2.01. The molecule has 0 unspecified atom stereocenters. The molecular formula is C4H10N2O. The second kappa shape index (κ2) is 3.59. The van der Waals surface area contributed by atoms with Crippen molar-refractivity contribution in [2.24, 2.45) is 5.29 Å². The highest BCUT2D eigenvalue weighted by molar-refractivity contribution is 4.38. The van der Waals surface area contributed by atoms with E-state index in [0.29, 0.717) is 0 Å². The molecule has 3 heteroatoms. The summed E-state index contributed by atoms with van der Waals surface area (Å²) in [5.74, 6) is 0. The third-order valence-electron chi connectivity index (χ3n) is 0.505. The fraction of sp³-hybridized carbons (Fsp3) is 1.00. The summed E-state index contributed by atoms with van der Waals surface area (Å²) in [5, 5.41) is 2.50. The molecule has 0 spiro atoms. The van der Waals surface area contributed by atoms with Crippen LogP contribution in [0.2, 0.25) is 0 Å². The van der Waals surface area contributed by atoms with E-state index in [1.54, 1.807) is 0 Å². The van der Waals surface area contributed by atoms with E-state index in [1.807, 2.05) is 0 Å². The zero-order valence-electron chi connectivity index (χ0n) is 8.30. The molecule has 0 saturated heterocycles. The summed E-state index contributed by atoms with van der Waals surface area (Å²) in [4.78, 5) is 9.99. The molecule has 0 heterocycles. The molecule has 0 atom stereocenters. The zero-order valence-corrected chi connectivity index (χ0v) is 4.30. The summed E-state index contributed by atoms with van der Waals surface area (Å²) < 4.78 is 28.0. The average Bonchev–Trinajstić information content (AvgIpc) is 1.56. The predicted octanol–water partition coefficient (Wildman–Crippen LogP) is 1.01. The maximum absolute atomic E-state index is 9.99. The first kappa shape index (κ1) is 2.11. The van der Waals surface area contributed by atoms with Crippen molar-refractivity contribution in [1.29, 1.82) is 0 Å². The van der Waals surface area contributed by atoms with Crippen LogP contribution in [0.15, 0.2) is 5.29 Å². The Morgan fingerprint density at radius 1 is 1.71 bits per heavy atom. The molecule has 0 rings (SSSR count). The average molecular weight is 106 g/mol. The van der Waals surface area contributed by atoms with E-state index in [1.165, 1.54) is 0 Å². The Kier molecular flexibility index (Phi) is 1.08. The van der Waals surface area contributed by atoms with Crippen LogP contribution >= 0.6 is 0 Å². The standard InChI is InChI=1S/C4H10N2O/c1-3-6(4-2)5-7/h3-4H2,1-2H3/i3D2,4D2. The van der Waals surface area contributed by atoms with Gasteiger partial charge in [-0.15, -0.1) is 4.91 Å². The first-order valence-corrected chi connectivity index (χ1v) is 1.83. The highest BCUT2D eigenvalue weighted by Crippen LogP contribution is 1.82. The monoisotopic (exact) mass is 106 g/mol. The Bertz CT molecular complexity index is 135. The van der Waals surface area contributed by atoms with Gasteiger partial charge in [0, 0.05) is 13.0 Å². The molecule has 0 fully saturated rings. The molecule has 0 N–H and O–H groups in total. The van der Waals surface area contributed by atoms with Gasteiger partial charge < -0.3 is 0 Å². The van der Waals surface area contributed by atoms with Crippen molar-refractivity contribution in [3.8, 4) is 0 Å². The minimum absolute atomic E-state index is 0.236. The van der Waals surface area contributed by atoms with Crippen LogP contribution in [0, 0.1) is 4.91 Å². The molecule has 7 heavy (non-hydrogen) atoms. The van der Waals surface area contributed by atoms with E-state index < -0.39 is 13.0 Å². The maximum atomic E-state index is 9.99. The van der Waals surface area contributed by atoms with Crippen molar-refractivity contribution in [2.45, 2.75) is 13.8 Å². The first-order chi connectivity index (χ1) is 4.69. The van der Waals surface area contributed by atoms with Crippen molar-refractivity contribution in [1.82, 2.24) is 5.01 Å². The lowest BCUT2D eigenvalue weighted by Crippen LogP contribution is -2.14. The highest BCUT2D eigenvalue weighted by Gasteiger charge is 1.88. The third-order valence-corrected chi connectivity index (χ3v) is 0.505. The molecule has 0 aromatic carbocycles. The molecule has 0 amide bonds. The van der Waals surface area contributed by atoms with Crippen LogP contribution in [-0.4, -0.2) is 18.0 Å². The van der Waals surface area contributed by atoms with Gasteiger partial charge in [-0.2, -0.15) is 0 Å². The van der Waals surface area contributed by atoms with Crippen LogP contribution in [0.4, 0.5) is 0 Å². The van der Waals surface area contributed by atoms with Crippen LogP contribution in [0.1, 0.15) is 19.3 Å². The molecule has 0 aromatic heterocycles. The van der Waals surface area contributed by atoms with Crippen molar-refractivity contribution in [3.63, 3.8) is 0 Å². The van der Waals surface area contributed by atoms with Crippen molar-refractivity contribution >= 4 is 0 Å². The van der Waals surface area contributed by atoms with Gasteiger partial charge in [-0.25, -0.2) is 0 Å². The molecule has 0 aliphatic carbocycles. The minimum Gasteiger partial charge on any atom is -0.261 e. The molecule has 3 nitrogen and oxygen atoms in total. The molecule has 0 saturated carbocycles. The summed E-state index contributed by atoms with van der Waals surface area (Å²) in [6.07, 6.45) is 0. The van der Waals surface area contributed by atoms with Gasteiger partial charge in [0.1, 0.15) is 0 Å². The van der Waals surface area contributed by atoms with E-state index in [0.717, 1.165) is 13.8 Å². The summed E-state index contributed by atoms with van der Waals surface area (Å²) in [5.41, 5.74) is 0. The van der Waals surface area contributed by atoms with Crippen LogP contribution in [0.3, 0.4) is 0 Å². The highest BCUT2D eigenvalue weighted by atomic mass is 16.3. The largest absolute Gasteiger partial charge is 0.261 e. The Hall–Kier alpha value is -0.600. The van der Waals surface area contributed by atoms with Gasteiger partial charge in [0.25, 0.3) is 0 Å².